The molecule has 1 amide bonds. The molecule has 104 valence electrons. The first-order chi connectivity index (χ1) is 9.56. The van der Waals surface area contributed by atoms with Crippen molar-refractivity contribution in [3.63, 3.8) is 0 Å². The molecular weight excluding hydrogens is 316 g/mol. The molecule has 0 aromatic heterocycles. The van der Waals surface area contributed by atoms with Crippen LogP contribution in [0.5, 0.6) is 0 Å². The zero-order chi connectivity index (χ0) is 14.5. The van der Waals surface area contributed by atoms with E-state index < -0.39 is 0 Å². The Hall–Kier alpha value is -1.81. The fraction of sp³-hybridized carbons (Fsp3) is 0.188. The lowest BCUT2D eigenvalue weighted by Crippen LogP contribution is -2.13. The number of nitrogen functional groups attached to an aromatic ring is 1. The van der Waals surface area contributed by atoms with Crippen LogP contribution < -0.4 is 11.1 Å². The first-order valence-electron chi connectivity index (χ1n) is 6.45. The minimum atomic E-state index is 0.00799. The number of aryl methyl sites for hydroxylation is 1. The van der Waals surface area contributed by atoms with E-state index in [1.54, 1.807) is 0 Å². The Morgan fingerprint density at radius 2 is 2.00 bits per heavy atom. The number of carbonyl (C=O) groups excluding carboxylic acids is 1. The molecule has 0 atom stereocenters. The van der Waals surface area contributed by atoms with Crippen LogP contribution in [0.2, 0.25) is 0 Å². The van der Waals surface area contributed by atoms with E-state index in [1.807, 2.05) is 49.4 Å². The van der Waals surface area contributed by atoms with Gasteiger partial charge in [-0.15, -0.1) is 0 Å². The molecular formula is C16H17BrN2O. The maximum absolute atomic E-state index is 12.0. The molecule has 2 aromatic rings. The van der Waals surface area contributed by atoms with Gasteiger partial charge in [0.25, 0.3) is 0 Å². The lowest BCUT2D eigenvalue weighted by atomic mass is 10.1. The Balaban J connectivity index is 1.94. The van der Waals surface area contributed by atoms with E-state index in [1.165, 1.54) is 0 Å². The third-order valence-corrected chi connectivity index (χ3v) is 3.99. The van der Waals surface area contributed by atoms with Crippen molar-refractivity contribution >= 4 is 33.2 Å². The SMILES string of the molecule is Cc1c(Br)cccc1NC(=O)CCc1cccc(N)c1. The lowest BCUT2D eigenvalue weighted by molar-refractivity contribution is -0.116. The molecule has 3 nitrogen and oxygen atoms in total. The maximum atomic E-state index is 12.0. The summed E-state index contributed by atoms with van der Waals surface area (Å²) in [5.74, 6) is 0.00799. The smallest absolute Gasteiger partial charge is 0.224 e. The van der Waals surface area contributed by atoms with Gasteiger partial charge in [0.1, 0.15) is 0 Å². The number of halogens is 1. The standard InChI is InChI=1S/C16H17BrN2O/c1-11-14(17)6-3-7-15(11)19-16(20)9-8-12-4-2-5-13(18)10-12/h2-7,10H,8-9,18H2,1H3,(H,19,20). The molecule has 0 aliphatic heterocycles. The molecule has 0 saturated heterocycles. The van der Waals surface area contributed by atoms with E-state index in [9.17, 15) is 4.79 Å². The molecule has 0 spiro atoms. The van der Waals surface area contributed by atoms with Crippen molar-refractivity contribution < 1.29 is 4.79 Å². The van der Waals surface area contributed by atoms with Crippen LogP contribution in [-0.4, -0.2) is 5.91 Å². The highest BCUT2D eigenvalue weighted by atomic mass is 79.9. The van der Waals surface area contributed by atoms with Gasteiger partial charge in [-0.1, -0.05) is 34.1 Å². The minimum Gasteiger partial charge on any atom is -0.399 e. The number of rotatable bonds is 4. The second kappa shape index (κ2) is 6.57. The van der Waals surface area contributed by atoms with Gasteiger partial charge in [-0.25, -0.2) is 0 Å². The molecule has 0 aliphatic rings. The molecule has 0 aliphatic carbocycles. The molecule has 0 heterocycles. The first-order valence-corrected chi connectivity index (χ1v) is 7.25. The zero-order valence-electron chi connectivity index (χ0n) is 11.3. The maximum Gasteiger partial charge on any atom is 0.224 e. The van der Waals surface area contributed by atoms with Crippen molar-refractivity contribution in [1.29, 1.82) is 0 Å². The Bertz CT molecular complexity index is 626. The summed E-state index contributed by atoms with van der Waals surface area (Å²) in [4.78, 5) is 12.0. The van der Waals surface area contributed by atoms with Gasteiger partial charge in [0, 0.05) is 22.3 Å². The van der Waals surface area contributed by atoms with Crippen LogP contribution in [0, 0.1) is 6.92 Å². The van der Waals surface area contributed by atoms with E-state index in [0.29, 0.717) is 12.8 Å². The Kier molecular flexibility index (Phi) is 4.79. The Labute approximate surface area is 127 Å². The van der Waals surface area contributed by atoms with Crippen LogP contribution in [0.3, 0.4) is 0 Å². The van der Waals surface area contributed by atoms with Crippen LogP contribution in [-0.2, 0) is 11.2 Å². The molecule has 0 bridgehead atoms. The number of amides is 1. The van der Waals surface area contributed by atoms with Gasteiger partial charge in [0.2, 0.25) is 5.91 Å². The number of nitrogens with two attached hydrogens (primary N) is 1. The highest BCUT2D eigenvalue weighted by Gasteiger charge is 2.07. The number of anilines is 2. The number of nitrogens with one attached hydrogen (secondary N) is 1. The summed E-state index contributed by atoms with van der Waals surface area (Å²) in [6.45, 7) is 1.97. The molecule has 0 fully saturated rings. The van der Waals surface area contributed by atoms with Crippen LogP contribution in [0.25, 0.3) is 0 Å². The van der Waals surface area contributed by atoms with Crippen LogP contribution in [0.15, 0.2) is 46.9 Å². The predicted molar refractivity (Wildman–Crippen MR) is 86.7 cm³/mol. The van der Waals surface area contributed by atoms with E-state index in [4.69, 9.17) is 5.73 Å². The van der Waals surface area contributed by atoms with Crippen molar-refractivity contribution in [2.45, 2.75) is 19.8 Å². The number of carbonyl (C=O) groups is 1. The van der Waals surface area contributed by atoms with Crippen LogP contribution >= 0.6 is 15.9 Å². The van der Waals surface area contributed by atoms with E-state index in [0.717, 1.165) is 27.0 Å². The van der Waals surface area contributed by atoms with Gasteiger partial charge < -0.3 is 11.1 Å². The van der Waals surface area contributed by atoms with E-state index in [2.05, 4.69) is 21.2 Å². The Morgan fingerprint density at radius 3 is 2.75 bits per heavy atom. The number of benzene rings is 2. The Morgan fingerprint density at radius 1 is 1.25 bits per heavy atom. The second-order valence-corrected chi connectivity index (χ2v) is 5.56. The summed E-state index contributed by atoms with van der Waals surface area (Å²) in [6, 6.07) is 13.4. The largest absolute Gasteiger partial charge is 0.399 e. The van der Waals surface area contributed by atoms with Gasteiger partial charge in [0.15, 0.2) is 0 Å². The predicted octanol–water partition coefficient (Wildman–Crippen LogP) is 3.91. The summed E-state index contributed by atoms with van der Waals surface area (Å²) in [6.07, 6.45) is 1.12. The topological polar surface area (TPSA) is 55.1 Å². The third kappa shape index (κ3) is 3.84. The number of hydrogen-bond acceptors (Lipinski definition) is 2. The van der Waals surface area contributed by atoms with Crippen molar-refractivity contribution in [2.75, 3.05) is 11.1 Å². The molecule has 0 radical (unpaired) electrons. The minimum absolute atomic E-state index is 0.00799. The summed E-state index contributed by atoms with van der Waals surface area (Å²) in [5.41, 5.74) is 9.40. The van der Waals surface area contributed by atoms with Gasteiger partial charge >= 0.3 is 0 Å². The fourth-order valence-corrected chi connectivity index (χ4v) is 2.33. The molecule has 4 heteroatoms. The van der Waals surface area contributed by atoms with Crippen LogP contribution in [0.1, 0.15) is 17.5 Å². The van der Waals surface area contributed by atoms with E-state index in [-0.39, 0.29) is 5.91 Å². The molecule has 2 rings (SSSR count). The summed E-state index contributed by atoms with van der Waals surface area (Å²) in [7, 11) is 0. The average Bonchev–Trinajstić information content (AvgIpc) is 2.42. The van der Waals surface area contributed by atoms with Crippen LogP contribution in [0.4, 0.5) is 11.4 Å². The zero-order valence-corrected chi connectivity index (χ0v) is 12.9. The van der Waals surface area contributed by atoms with Crippen molar-refractivity contribution in [3.05, 3.63) is 58.1 Å². The highest BCUT2D eigenvalue weighted by Crippen LogP contribution is 2.23. The second-order valence-electron chi connectivity index (χ2n) is 4.71. The van der Waals surface area contributed by atoms with Gasteiger partial charge in [-0.05, 0) is 48.7 Å². The summed E-state index contributed by atoms with van der Waals surface area (Å²) < 4.78 is 0.992. The first kappa shape index (κ1) is 14.6. The van der Waals surface area contributed by atoms with Crippen molar-refractivity contribution in [1.82, 2.24) is 0 Å². The third-order valence-electron chi connectivity index (χ3n) is 3.13. The lowest BCUT2D eigenvalue weighted by Gasteiger charge is -2.09. The van der Waals surface area contributed by atoms with Gasteiger partial charge in [-0.3, -0.25) is 4.79 Å². The monoisotopic (exact) mass is 332 g/mol. The highest BCUT2D eigenvalue weighted by molar-refractivity contribution is 9.10. The quantitative estimate of drug-likeness (QED) is 0.834. The normalized spacial score (nSPS) is 10.3. The van der Waals surface area contributed by atoms with E-state index >= 15 is 0 Å². The molecule has 2 aromatic carbocycles. The summed E-state index contributed by atoms with van der Waals surface area (Å²) in [5, 5.41) is 2.94. The van der Waals surface area contributed by atoms with Gasteiger partial charge in [0.05, 0.1) is 0 Å². The molecule has 0 unspecified atom stereocenters. The van der Waals surface area contributed by atoms with Gasteiger partial charge in [-0.2, -0.15) is 0 Å². The molecule has 20 heavy (non-hydrogen) atoms. The summed E-state index contributed by atoms with van der Waals surface area (Å²) >= 11 is 3.45. The molecule has 3 N–H and O–H groups in total. The fourth-order valence-electron chi connectivity index (χ4n) is 1.96. The number of hydrogen-bond donors (Lipinski definition) is 2. The average molecular weight is 333 g/mol. The van der Waals surface area contributed by atoms with Crippen molar-refractivity contribution in [2.24, 2.45) is 0 Å². The van der Waals surface area contributed by atoms with Crippen molar-refractivity contribution in [3.8, 4) is 0 Å². The molecule has 0 saturated carbocycles.